The van der Waals surface area contributed by atoms with Gasteiger partial charge in [0.1, 0.15) is 11.5 Å². The van der Waals surface area contributed by atoms with Crippen molar-refractivity contribution in [1.82, 2.24) is 9.55 Å². The number of aromatic amines is 1. The van der Waals surface area contributed by atoms with Crippen LogP contribution in [0.15, 0.2) is 69.3 Å². The number of hydrazone groups is 1. The Labute approximate surface area is 194 Å². The van der Waals surface area contributed by atoms with Crippen molar-refractivity contribution < 1.29 is 9.59 Å². The molecule has 34 heavy (non-hydrogen) atoms. The lowest BCUT2D eigenvalue weighted by Crippen LogP contribution is -2.44. The Bertz CT molecular complexity index is 1410. The molecule has 2 aromatic carbocycles. The lowest BCUT2D eigenvalue weighted by atomic mass is 10.1. The third kappa shape index (κ3) is 4.38. The zero-order chi connectivity index (χ0) is 24.4. The molecule has 0 saturated carbocycles. The molecule has 0 saturated heterocycles. The van der Waals surface area contributed by atoms with Crippen molar-refractivity contribution in [2.75, 3.05) is 22.7 Å². The van der Waals surface area contributed by atoms with E-state index in [0.29, 0.717) is 5.69 Å². The summed E-state index contributed by atoms with van der Waals surface area (Å²) in [5.41, 5.74) is 6.96. The number of nitrogens with one attached hydrogen (secondary N) is 1. The van der Waals surface area contributed by atoms with Crippen molar-refractivity contribution in [1.29, 1.82) is 0 Å². The number of amides is 2. The summed E-state index contributed by atoms with van der Waals surface area (Å²) >= 11 is 0. The summed E-state index contributed by atoms with van der Waals surface area (Å²) in [6.07, 6.45) is 0.206. The summed E-state index contributed by atoms with van der Waals surface area (Å²) in [5.74, 6) is -0.970. The van der Waals surface area contributed by atoms with Gasteiger partial charge >= 0.3 is 5.69 Å². The van der Waals surface area contributed by atoms with Crippen LogP contribution in [-0.2, 0) is 16.1 Å². The second kappa shape index (κ2) is 9.18. The summed E-state index contributed by atoms with van der Waals surface area (Å²) in [4.78, 5) is 54.1. The van der Waals surface area contributed by atoms with Gasteiger partial charge in [-0.15, -0.1) is 0 Å². The largest absolute Gasteiger partial charge is 0.383 e. The van der Waals surface area contributed by atoms with Crippen molar-refractivity contribution in [2.45, 2.75) is 26.3 Å². The van der Waals surface area contributed by atoms with Gasteiger partial charge in [-0.25, -0.2) is 9.80 Å². The molecule has 0 spiro atoms. The minimum atomic E-state index is -0.786. The van der Waals surface area contributed by atoms with Gasteiger partial charge in [0.25, 0.3) is 11.5 Å². The molecule has 0 aliphatic carbocycles. The fraction of sp³-hybridized carbons (Fsp3) is 0.208. The van der Waals surface area contributed by atoms with E-state index in [1.54, 1.807) is 18.2 Å². The highest BCUT2D eigenvalue weighted by atomic mass is 16.2. The van der Waals surface area contributed by atoms with E-state index in [9.17, 15) is 19.2 Å². The van der Waals surface area contributed by atoms with Crippen molar-refractivity contribution in [3.8, 4) is 0 Å². The first kappa shape index (κ1) is 22.7. The van der Waals surface area contributed by atoms with Gasteiger partial charge in [0, 0.05) is 19.9 Å². The van der Waals surface area contributed by atoms with Crippen LogP contribution in [0.2, 0.25) is 0 Å². The van der Waals surface area contributed by atoms with E-state index in [4.69, 9.17) is 5.73 Å². The number of rotatable bonds is 5. The van der Waals surface area contributed by atoms with Gasteiger partial charge in [-0.05, 0) is 30.2 Å². The molecular formula is C24H24N6O4. The van der Waals surface area contributed by atoms with Crippen LogP contribution in [0.1, 0.15) is 24.0 Å². The lowest BCUT2D eigenvalue weighted by molar-refractivity contribution is -0.118. The normalized spacial score (nSPS) is 13.5. The first-order valence-electron chi connectivity index (χ1n) is 10.7. The lowest BCUT2D eigenvalue weighted by Gasteiger charge is -2.26. The molecule has 0 fully saturated rings. The Hall–Kier alpha value is -4.47. The average Bonchev–Trinajstić information content (AvgIpc) is 2.82. The number of aryl methyl sites for hydroxylation is 1. The number of nitrogen functional groups attached to an aromatic ring is 1. The Morgan fingerprint density at radius 3 is 2.53 bits per heavy atom. The molecule has 10 heteroatoms. The standard InChI is InChI=1S/C24H24N6O4/c1-15-7-6-10-17(13-15)30-19(31)12-11-18(27-30)23(33)28(2)20-21(25)29(24(34)26-22(20)32)14-16-8-4-3-5-9-16/h3-10,13H,11-12,14,25H2,1-2H3,(H,26,32,34). The highest BCUT2D eigenvalue weighted by Crippen LogP contribution is 2.23. The van der Waals surface area contributed by atoms with Gasteiger partial charge in [0.05, 0.1) is 12.2 Å². The number of carbonyl (C=O) groups excluding carboxylic acids is 2. The van der Waals surface area contributed by atoms with Crippen LogP contribution in [0, 0.1) is 6.92 Å². The summed E-state index contributed by atoms with van der Waals surface area (Å²) in [6, 6.07) is 16.3. The van der Waals surface area contributed by atoms with Gasteiger partial charge in [-0.1, -0.05) is 42.5 Å². The number of hydrogen-bond donors (Lipinski definition) is 2. The molecule has 1 aliphatic heterocycles. The minimum Gasteiger partial charge on any atom is -0.383 e. The first-order valence-corrected chi connectivity index (χ1v) is 10.7. The SMILES string of the molecule is Cc1cccc(N2N=C(C(=O)N(C)c3c(N)n(Cc4ccccc4)c(=O)[nH]c3=O)CCC2=O)c1. The van der Waals surface area contributed by atoms with Crippen LogP contribution < -0.4 is 26.9 Å². The number of H-pyrrole nitrogens is 1. The van der Waals surface area contributed by atoms with Crippen LogP contribution >= 0.6 is 0 Å². The van der Waals surface area contributed by atoms with E-state index in [1.165, 1.54) is 16.6 Å². The summed E-state index contributed by atoms with van der Waals surface area (Å²) in [7, 11) is 1.39. The number of anilines is 3. The molecule has 1 aromatic heterocycles. The first-order chi connectivity index (χ1) is 16.3. The van der Waals surface area contributed by atoms with E-state index < -0.39 is 17.2 Å². The number of hydrogen-bond acceptors (Lipinski definition) is 6. The predicted molar refractivity (Wildman–Crippen MR) is 130 cm³/mol. The minimum absolute atomic E-state index is 0.0890. The number of nitrogens with two attached hydrogens (primary N) is 1. The van der Waals surface area contributed by atoms with Crippen LogP contribution in [0.25, 0.3) is 0 Å². The fourth-order valence-corrected chi connectivity index (χ4v) is 3.79. The molecule has 2 heterocycles. The number of aromatic nitrogens is 2. The molecule has 3 N–H and O–H groups in total. The predicted octanol–water partition coefficient (Wildman–Crippen LogP) is 1.62. The summed E-state index contributed by atoms with van der Waals surface area (Å²) in [6.45, 7) is 2.01. The molecule has 0 unspecified atom stereocenters. The summed E-state index contributed by atoms with van der Waals surface area (Å²) in [5, 5.41) is 5.47. The molecule has 3 aromatic rings. The Balaban J connectivity index is 1.69. The van der Waals surface area contributed by atoms with Gasteiger partial charge in [-0.2, -0.15) is 5.10 Å². The Kier molecular flexibility index (Phi) is 6.13. The average molecular weight is 460 g/mol. The van der Waals surface area contributed by atoms with Gasteiger partial charge in [0.2, 0.25) is 5.91 Å². The van der Waals surface area contributed by atoms with E-state index in [2.05, 4.69) is 10.1 Å². The molecule has 1 aliphatic rings. The monoisotopic (exact) mass is 460 g/mol. The number of nitrogens with zero attached hydrogens (tertiary/aromatic N) is 4. The van der Waals surface area contributed by atoms with Crippen molar-refractivity contribution in [2.24, 2.45) is 5.10 Å². The maximum absolute atomic E-state index is 13.3. The van der Waals surface area contributed by atoms with Gasteiger partial charge in [-0.3, -0.25) is 23.9 Å². The van der Waals surface area contributed by atoms with Crippen LogP contribution in [-0.4, -0.2) is 34.1 Å². The second-order valence-electron chi connectivity index (χ2n) is 8.02. The maximum Gasteiger partial charge on any atom is 0.330 e. The van der Waals surface area contributed by atoms with Crippen LogP contribution in [0.5, 0.6) is 0 Å². The Morgan fingerprint density at radius 1 is 1.09 bits per heavy atom. The van der Waals surface area contributed by atoms with E-state index in [0.717, 1.165) is 16.0 Å². The van der Waals surface area contributed by atoms with Gasteiger partial charge in [0.15, 0.2) is 5.69 Å². The Morgan fingerprint density at radius 2 is 1.82 bits per heavy atom. The van der Waals surface area contributed by atoms with Gasteiger partial charge < -0.3 is 10.6 Å². The molecular weight excluding hydrogens is 436 g/mol. The number of carbonyl (C=O) groups is 2. The topological polar surface area (TPSA) is 134 Å². The van der Waals surface area contributed by atoms with Crippen molar-refractivity contribution >= 4 is 34.7 Å². The zero-order valence-corrected chi connectivity index (χ0v) is 18.8. The molecule has 0 bridgehead atoms. The molecule has 0 atom stereocenters. The van der Waals surface area contributed by atoms with E-state index in [-0.39, 0.29) is 42.5 Å². The highest BCUT2D eigenvalue weighted by molar-refractivity contribution is 6.44. The second-order valence-corrected chi connectivity index (χ2v) is 8.02. The van der Waals surface area contributed by atoms with E-state index in [1.807, 2.05) is 43.3 Å². The molecule has 2 amide bonds. The number of benzene rings is 2. The van der Waals surface area contributed by atoms with Crippen LogP contribution in [0.4, 0.5) is 17.2 Å². The zero-order valence-electron chi connectivity index (χ0n) is 18.8. The quantitative estimate of drug-likeness (QED) is 0.597. The molecule has 10 nitrogen and oxygen atoms in total. The third-order valence-corrected chi connectivity index (χ3v) is 5.56. The molecule has 4 rings (SSSR count). The summed E-state index contributed by atoms with van der Waals surface area (Å²) < 4.78 is 1.20. The van der Waals surface area contributed by atoms with Crippen molar-refractivity contribution in [3.63, 3.8) is 0 Å². The molecule has 174 valence electrons. The smallest absolute Gasteiger partial charge is 0.330 e. The maximum atomic E-state index is 13.3. The molecule has 0 radical (unpaired) electrons. The van der Waals surface area contributed by atoms with Crippen LogP contribution in [0.3, 0.4) is 0 Å². The highest BCUT2D eigenvalue weighted by Gasteiger charge is 2.30. The van der Waals surface area contributed by atoms with E-state index >= 15 is 0 Å². The fourth-order valence-electron chi connectivity index (χ4n) is 3.79. The third-order valence-electron chi connectivity index (χ3n) is 5.56. The van der Waals surface area contributed by atoms with Crippen molar-refractivity contribution in [3.05, 3.63) is 86.6 Å².